The number of quaternary nitrogens is 2. The molecule has 1 saturated heterocycles. The first-order valence-electron chi connectivity index (χ1n) is 10.4. The van der Waals surface area contributed by atoms with Crippen molar-refractivity contribution in [2.45, 2.75) is 12.6 Å². The molecule has 4 rings (SSSR count). The normalized spacial score (nSPS) is 20.0. The molecule has 2 N–H and O–H groups in total. The van der Waals surface area contributed by atoms with E-state index in [-0.39, 0.29) is 6.04 Å². The summed E-state index contributed by atoms with van der Waals surface area (Å²) in [7, 11) is 5.64. The number of methoxy groups -OCH3 is 2. The largest absolute Gasteiger partial charge is 0.497 e. The molecule has 1 aliphatic heterocycles. The third-order valence-corrected chi connectivity index (χ3v) is 5.89. The first kappa shape index (κ1) is 20.3. The molecule has 158 valence electrons. The number of piperazine rings is 1. The van der Waals surface area contributed by atoms with Gasteiger partial charge >= 0.3 is 0 Å². The van der Waals surface area contributed by atoms with Crippen molar-refractivity contribution in [3.63, 3.8) is 0 Å². The van der Waals surface area contributed by atoms with Crippen molar-refractivity contribution in [1.82, 2.24) is 20.2 Å². The highest BCUT2D eigenvalue weighted by molar-refractivity contribution is 5.43. The van der Waals surface area contributed by atoms with E-state index in [1.54, 1.807) is 19.1 Å². The predicted molar refractivity (Wildman–Crippen MR) is 112 cm³/mol. The van der Waals surface area contributed by atoms with Gasteiger partial charge in [-0.2, -0.15) is 0 Å². The summed E-state index contributed by atoms with van der Waals surface area (Å²) >= 11 is 0. The van der Waals surface area contributed by atoms with Crippen LogP contribution in [0.4, 0.5) is 0 Å². The Hall–Kier alpha value is -2.97. The van der Waals surface area contributed by atoms with E-state index >= 15 is 0 Å². The maximum absolute atomic E-state index is 5.74. The molecular formula is C22H30N6O2+2. The molecule has 0 amide bonds. The van der Waals surface area contributed by atoms with Crippen LogP contribution in [0.2, 0.25) is 0 Å². The highest BCUT2D eigenvalue weighted by Gasteiger charge is 2.37. The van der Waals surface area contributed by atoms with E-state index in [0.717, 1.165) is 49.1 Å². The molecule has 8 nitrogen and oxygen atoms in total. The topological polar surface area (TPSA) is 70.9 Å². The Morgan fingerprint density at radius 1 is 1.00 bits per heavy atom. The summed E-state index contributed by atoms with van der Waals surface area (Å²) < 4.78 is 13.2. The van der Waals surface area contributed by atoms with Gasteiger partial charge in [-0.15, -0.1) is 5.10 Å². The lowest BCUT2D eigenvalue weighted by atomic mass is 10.0. The molecule has 0 bridgehead atoms. The number of hydrogen-bond donors (Lipinski definition) is 2. The van der Waals surface area contributed by atoms with Gasteiger partial charge in [-0.1, -0.05) is 30.3 Å². The van der Waals surface area contributed by atoms with Crippen LogP contribution in [0.25, 0.3) is 0 Å². The SMILES string of the molecule is COc1ccc(OC)c([C@H](c2nnnn2Cc2ccccc2)[NH+]2CC[NH+](C)CC2)c1. The molecule has 1 aromatic heterocycles. The van der Waals surface area contributed by atoms with Crippen LogP contribution in [0.1, 0.15) is 23.0 Å². The van der Waals surface area contributed by atoms with Crippen LogP contribution in [-0.2, 0) is 6.54 Å². The van der Waals surface area contributed by atoms with Crippen LogP contribution in [0, 0.1) is 0 Å². The maximum Gasteiger partial charge on any atom is 0.214 e. The predicted octanol–water partition coefficient (Wildman–Crippen LogP) is -0.759. The molecule has 8 heteroatoms. The van der Waals surface area contributed by atoms with Crippen molar-refractivity contribution in [2.75, 3.05) is 47.4 Å². The van der Waals surface area contributed by atoms with Gasteiger partial charge in [0.15, 0.2) is 6.04 Å². The molecule has 0 spiro atoms. The van der Waals surface area contributed by atoms with E-state index in [2.05, 4.69) is 40.8 Å². The quantitative estimate of drug-likeness (QED) is 0.536. The number of nitrogens with zero attached hydrogens (tertiary/aromatic N) is 4. The van der Waals surface area contributed by atoms with E-state index in [0.29, 0.717) is 6.54 Å². The molecule has 1 fully saturated rings. The molecule has 0 saturated carbocycles. The average Bonchev–Trinajstić information content (AvgIpc) is 3.23. The van der Waals surface area contributed by atoms with Crippen molar-refractivity contribution in [3.8, 4) is 11.5 Å². The number of ether oxygens (including phenoxy) is 2. The zero-order chi connectivity index (χ0) is 20.9. The van der Waals surface area contributed by atoms with Crippen molar-refractivity contribution >= 4 is 0 Å². The second kappa shape index (κ2) is 9.23. The third-order valence-electron chi connectivity index (χ3n) is 5.89. The summed E-state index contributed by atoms with van der Waals surface area (Å²) in [5, 5.41) is 12.9. The lowest BCUT2D eigenvalue weighted by molar-refractivity contribution is -1.02. The number of tetrazole rings is 1. The molecule has 2 aromatic carbocycles. The van der Waals surface area contributed by atoms with E-state index in [1.165, 1.54) is 10.5 Å². The van der Waals surface area contributed by atoms with E-state index in [1.807, 2.05) is 35.0 Å². The van der Waals surface area contributed by atoms with Crippen molar-refractivity contribution in [1.29, 1.82) is 0 Å². The minimum absolute atomic E-state index is 0.0399. The van der Waals surface area contributed by atoms with Gasteiger partial charge in [-0.05, 0) is 34.2 Å². The standard InChI is InChI=1S/C22H28N6O2/c1-26-11-13-27(14-12-26)21(19-15-18(29-2)9-10-20(19)30-3)22-23-24-25-28(22)16-17-7-5-4-6-8-17/h4-10,15,21H,11-14,16H2,1-3H3/p+2/t21-/m1/s1. The van der Waals surface area contributed by atoms with E-state index in [4.69, 9.17) is 9.47 Å². The van der Waals surface area contributed by atoms with Crippen molar-refractivity contribution < 1.29 is 19.3 Å². The molecule has 0 unspecified atom stereocenters. The Kier molecular flexibility index (Phi) is 6.25. The number of benzene rings is 2. The molecular weight excluding hydrogens is 380 g/mol. The van der Waals surface area contributed by atoms with Gasteiger partial charge in [0.25, 0.3) is 0 Å². The second-order valence-corrected chi connectivity index (χ2v) is 7.84. The van der Waals surface area contributed by atoms with Crippen LogP contribution in [0.3, 0.4) is 0 Å². The number of aromatic nitrogens is 4. The van der Waals surface area contributed by atoms with Crippen LogP contribution in [0.5, 0.6) is 11.5 Å². The zero-order valence-electron chi connectivity index (χ0n) is 17.8. The fourth-order valence-corrected chi connectivity index (χ4v) is 4.18. The fourth-order valence-electron chi connectivity index (χ4n) is 4.18. The molecule has 1 atom stereocenters. The molecule has 1 aliphatic rings. The molecule has 30 heavy (non-hydrogen) atoms. The molecule has 2 heterocycles. The Balaban J connectivity index is 1.77. The monoisotopic (exact) mass is 410 g/mol. The first-order valence-corrected chi connectivity index (χ1v) is 10.4. The van der Waals surface area contributed by atoms with Gasteiger partial charge in [0, 0.05) is 0 Å². The van der Waals surface area contributed by atoms with E-state index < -0.39 is 0 Å². The fraction of sp³-hybridized carbons (Fsp3) is 0.409. The van der Waals surface area contributed by atoms with Gasteiger partial charge in [0.2, 0.25) is 5.82 Å². The van der Waals surface area contributed by atoms with Gasteiger partial charge in [0.1, 0.15) is 37.7 Å². The third kappa shape index (κ3) is 4.29. The zero-order valence-corrected chi connectivity index (χ0v) is 17.8. The summed E-state index contributed by atoms with van der Waals surface area (Å²) in [5.41, 5.74) is 2.22. The molecule has 3 aromatic rings. The van der Waals surface area contributed by atoms with Gasteiger partial charge in [-0.25, -0.2) is 4.68 Å². The van der Waals surface area contributed by atoms with Crippen LogP contribution in [0.15, 0.2) is 48.5 Å². The summed E-state index contributed by atoms with van der Waals surface area (Å²) in [6.07, 6.45) is 0. The highest BCUT2D eigenvalue weighted by atomic mass is 16.5. The summed E-state index contributed by atoms with van der Waals surface area (Å²) in [6.45, 7) is 4.92. The summed E-state index contributed by atoms with van der Waals surface area (Å²) in [5.74, 6) is 2.48. The maximum atomic E-state index is 5.74. The number of likely N-dealkylation sites (N-methyl/N-ethyl adjacent to an activating group) is 1. The van der Waals surface area contributed by atoms with Gasteiger partial charge in [-0.3, -0.25) is 0 Å². The van der Waals surface area contributed by atoms with Gasteiger partial charge in [0.05, 0.1) is 33.4 Å². The van der Waals surface area contributed by atoms with Crippen LogP contribution >= 0.6 is 0 Å². The van der Waals surface area contributed by atoms with Crippen LogP contribution < -0.4 is 19.3 Å². The Morgan fingerprint density at radius 3 is 2.47 bits per heavy atom. The Labute approximate surface area is 177 Å². The lowest BCUT2D eigenvalue weighted by Crippen LogP contribution is -3.27. The second-order valence-electron chi connectivity index (χ2n) is 7.84. The lowest BCUT2D eigenvalue weighted by Gasteiger charge is -2.33. The number of hydrogen-bond acceptors (Lipinski definition) is 5. The summed E-state index contributed by atoms with van der Waals surface area (Å²) in [6, 6.07) is 16.2. The number of nitrogens with one attached hydrogen (secondary N) is 2. The van der Waals surface area contributed by atoms with E-state index in [9.17, 15) is 0 Å². The summed E-state index contributed by atoms with van der Waals surface area (Å²) in [4.78, 5) is 3.00. The minimum Gasteiger partial charge on any atom is -0.497 e. The number of rotatable bonds is 7. The highest BCUT2D eigenvalue weighted by Crippen LogP contribution is 2.31. The van der Waals surface area contributed by atoms with Crippen molar-refractivity contribution in [2.24, 2.45) is 0 Å². The molecule has 0 aliphatic carbocycles. The Bertz CT molecular complexity index is 953. The smallest absolute Gasteiger partial charge is 0.214 e. The molecule has 0 radical (unpaired) electrons. The van der Waals surface area contributed by atoms with Crippen molar-refractivity contribution in [3.05, 3.63) is 65.5 Å². The minimum atomic E-state index is -0.0399. The first-order chi connectivity index (χ1) is 14.7. The average molecular weight is 411 g/mol. The Morgan fingerprint density at radius 2 is 1.77 bits per heavy atom. The van der Waals surface area contributed by atoms with Crippen LogP contribution in [-0.4, -0.2) is 67.7 Å². The van der Waals surface area contributed by atoms with Gasteiger partial charge < -0.3 is 19.3 Å².